The first kappa shape index (κ1) is 23.0. The first-order valence-corrected chi connectivity index (χ1v) is 10.6. The third-order valence-corrected chi connectivity index (χ3v) is 5.46. The van der Waals surface area contributed by atoms with Gasteiger partial charge in [0, 0.05) is 30.6 Å². The largest absolute Gasteiger partial charge is 0.495 e. The number of nitro benzene ring substituents is 1. The molecule has 0 aliphatic carbocycles. The topological polar surface area (TPSA) is 117 Å². The molecule has 0 spiro atoms. The number of nitrogens with one attached hydrogen (secondary N) is 1. The molecule has 34 heavy (non-hydrogen) atoms. The number of benzene rings is 2. The maximum absolute atomic E-state index is 11.8. The first-order valence-electron chi connectivity index (χ1n) is 10.2. The maximum Gasteiger partial charge on any atom is 0.312 e. The van der Waals surface area contributed by atoms with Crippen molar-refractivity contribution in [3.05, 3.63) is 81.9 Å². The SMILES string of the molecule is C=CCc1c(OC)c([N+](=O)[O-])cc2c(NCc3ccc(OC)c(Cl)c3)nc(-n3ccnc3)nc12. The lowest BCUT2D eigenvalue weighted by Crippen LogP contribution is -2.09. The molecule has 0 aliphatic heterocycles. The van der Waals surface area contributed by atoms with Gasteiger partial charge >= 0.3 is 5.69 Å². The number of aromatic nitrogens is 4. The van der Waals surface area contributed by atoms with Crippen molar-refractivity contribution in [2.75, 3.05) is 19.5 Å². The number of nitrogens with zero attached hydrogens (tertiary/aromatic N) is 5. The highest BCUT2D eigenvalue weighted by molar-refractivity contribution is 6.32. The summed E-state index contributed by atoms with van der Waals surface area (Å²) in [5.74, 6) is 1.47. The van der Waals surface area contributed by atoms with Gasteiger partial charge in [-0.3, -0.25) is 14.7 Å². The van der Waals surface area contributed by atoms with Gasteiger partial charge < -0.3 is 14.8 Å². The molecule has 4 rings (SSSR count). The van der Waals surface area contributed by atoms with Crippen molar-refractivity contribution in [3.8, 4) is 17.4 Å². The van der Waals surface area contributed by atoms with Crippen LogP contribution in [0.25, 0.3) is 16.9 Å². The van der Waals surface area contributed by atoms with Gasteiger partial charge in [-0.2, -0.15) is 4.98 Å². The van der Waals surface area contributed by atoms with Gasteiger partial charge in [0.25, 0.3) is 0 Å². The summed E-state index contributed by atoms with van der Waals surface area (Å²) >= 11 is 6.26. The smallest absolute Gasteiger partial charge is 0.312 e. The number of anilines is 1. The summed E-state index contributed by atoms with van der Waals surface area (Å²) in [4.78, 5) is 24.7. The average molecular weight is 481 g/mol. The Kier molecular flexibility index (Phi) is 6.60. The Bertz CT molecular complexity index is 1370. The number of ether oxygens (including phenoxy) is 2. The van der Waals surface area contributed by atoms with E-state index in [2.05, 4.69) is 26.8 Å². The number of halogens is 1. The van der Waals surface area contributed by atoms with Crippen LogP contribution < -0.4 is 14.8 Å². The van der Waals surface area contributed by atoms with Gasteiger partial charge in [0.05, 0.1) is 35.1 Å². The van der Waals surface area contributed by atoms with Crippen LogP contribution in [-0.4, -0.2) is 38.7 Å². The predicted octanol–water partition coefficient (Wildman–Crippen LogP) is 4.73. The molecule has 10 nitrogen and oxygen atoms in total. The quantitative estimate of drug-likeness (QED) is 0.207. The van der Waals surface area contributed by atoms with Crippen LogP contribution in [0.5, 0.6) is 11.5 Å². The number of fused-ring (bicyclic) bond motifs is 1. The Balaban J connectivity index is 1.90. The molecular formula is C23H21ClN6O4. The lowest BCUT2D eigenvalue weighted by Gasteiger charge is -2.16. The average Bonchev–Trinajstić information content (AvgIpc) is 3.37. The van der Waals surface area contributed by atoms with Crippen LogP contribution in [0.3, 0.4) is 0 Å². The summed E-state index contributed by atoms with van der Waals surface area (Å²) in [5.41, 5.74) is 1.75. The summed E-state index contributed by atoms with van der Waals surface area (Å²) in [6.45, 7) is 4.14. The summed E-state index contributed by atoms with van der Waals surface area (Å²) in [7, 11) is 2.94. The van der Waals surface area contributed by atoms with Crippen LogP contribution in [-0.2, 0) is 13.0 Å². The summed E-state index contributed by atoms with van der Waals surface area (Å²) < 4.78 is 12.3. The molecule has 4 aromatic rings. The molecular weight excluding hydrogens is 460 g/mol. The Morgan fingerprint density at radius 3 is 2.71 bits per heavy atom. The van der Waals surface area contributed by atoms with E-state index in [9.17, 15) is 10.1 Å². The van der Waals surface area contributed by atoms with Crippen molar-refractivity contribution in [1.82, 2.24) is 19.5 Å². The van der Waals surface area contributed by atoms with Crippen LogP contribution in [0, 0.1) is 10.1 Å². The molecule has 0 radical (unpaired) electrons. The molecule has 0 saturated heterocycles. The van der Waals surface area contributed by atoms with E-state index in [-0.39, 0.29) is 11.4 Å². The van der Waals surface area contributed by atoms with Crippen LogP contribution in [0.1, 0.15) is 11.1 Å². The minimum absolute atomic E-state index is 0.139. The fraction of sp³-hybridized carbons (Fsp3) is 0.174. The molecule has 2 heterocycles. The van der Waals surface area contributed by atoms with E-state index in [0.29, 0.717) is 52.0 Å². The number of methoxy groups -OCH3 is 2. The molecule has 11 heteroatoms. The van der Waals surface area contributed by atoms with E-state index in [1.165, 1.54) is 13.2 Å². The van der Waals surface area contributed by atoms with Crippen LogP contribution in [0.4, 0.5) is 11.5 Å². The standard InChI is InChI=1S/C23H21ClN6O4/c1-4-5-15-20-16(11-18(30(31)32)21(15)34-3)22(28-23(27-20)29-9-8-25-13-29)26-12-14-6-7-19(33-2)17(24)10-14/h4,6-11,13H,1,5,12H2,2-3H3,(H,26,27,28). The highest BCUT2D eigenvalue weighted by atomic mass is 35.5. The van der Waals surface area contributed by atoms with Crippen LogP contribution in [0.2, 0.25) is 5.02 Å². The van der Waals surface area contributed by atoms with E-state index in [0.717, 1.165) is 5.56 Å². The van der Waals surface area contributed by atoms with Gasteiger partial charge in [0.15, 0.2) is 0 Å². The fourth-order valence-electron chi connectivity index (χ4n) is 3.62. The Hall–Kier alpha value is -4.18. The molecule has 0 bridgehead atoms. The van der Waals surface area contributed by atoms with Crippen molar-refractivity contribution in [2.24, 2.45) is 0 Å². The molecule has 0 amide bonds. The molecule has 0 aliphatic rings. The minimum Gasteiger partial charge on any atom is -0.495 e. The third kappa shape index (κ3) is 4.35. The lowest BCUT2D eigenvalue weighted by molar-refractivity contribution is -0.385. The van der Waals surface area contributed by atoms with Crippen LogP contribution >= 0.6 is 11.6 Å². The second-order valence-corrected chi connectivity index (χ2v) is 7.63. The van der Waals surface area contributed by atoms with Gasteiger partial charge in [-0.25, -0.2) is 9.97 Å². The zero-order valence-electron chi connectivity index (χ0n) is 18.5. The first-order chi connectivity index (χ1) is 16.5. The highest BCUT2D eigenvalue weighted by Gasteiger charge is 2.25. The fourth-order valence-corrected chi connectivity index (χ4v) is 3.90. The monoisotopic (exact) mass is 480 g/mol. The number of rotatable bonds is 9. The van der Waals surface area contributed by atoms with Gasteiger partial charge in [-0.15, -0.1) is 6.58 Å². The van der Waals surface area contributed by atoms with E-state index < -0.39 is 4.92 Å². The van der Waals surface area contributed by atoms with Crippen molar-refractivity contribution in [1.29, 1.82) is 0 Å². The van der Waals surface area contributed by atoms with E-state index in [1.807, 2.05) is 6.07 Å². The van der Waals surface area contributed by atoms with Gasteiger partial charge in [-0.05, 0) is 24.1 Å². The van der Waals surface area contributed by atoms with Crippen molar-refractivity contribution in [3.63, 3.8) is 0 Å². The van der Waals surface area contributed by atoms with Gasteiger partial charge in [-0.1, -0.05) is 23.7 Å². The van der Waals surface area contributed by atoms with E-state index in [4.69, 9.17) is 21.1 Å². The molecule has 0 fully saturated rings. The minimum atomic E-state index is -0.484. The van der Waals surface area contributed by atoms with Gasteiger partial charge in [0.1, 0.15) is 17.9 Å². The predicted molar refractivity (Wildman–Crippen MR) is 129 cm³/mol. The van der Waals surface area contributed by atoms with Crippen molar-refractivity contribution >= 4 is 34.0 Å². The second-order valence-electron chi connectivity index (χ2n) is 7.22. The second kappa shape index (κ2) is 9.75. The Morgan fingerprint density at radius 1 is 1.26 bits per heavy atom. The third-order valence-electron chi connectivity index (χ3n) is 5.17. The van der Waals surface area contributed by atoms with Gasteiger partial charge in [0.2, 0.25) is 11.7 Å². The normalized spacial score (nSPS) is 10.8. The molecule has 0 atom stereocenters. The van der Waals surface area contributed by atoms with E-state index in [1.54, 1.807) is 48.6 Å². The summed E-state index contributed by atoms with van der Waals surface area (Å²) in [6, 6.07) is 6.84. The number of nitro groups is 1. The summed E-state index contributed by atoms with van der Waals surface area (Å²) in [5, 5.41) is 16.0. The van der Waals surface area contributed by atoms with E-state index >= 15 is 0 Å². The lowest BCUT2D eigenvalue weighted by atomic mass is 10.0. The molecule has 174 valence electrons. The van der Waals surface area contributed by atoms with Crippen molar-refractivity contribution < 1.29 is 14.4 Å². The zero-order chi connectivity index (χ0) is 24.2. The Labute approximate surface area is 200 Å². The summed E-state index contributed by atoms with van der Waals surface area (Å²) in [6.07, 6.45) is 6.86. The molecule has 2 aromatic heterocycles. The molecule has 2 aromatic carbocycles. The molecule has 1 N–H and O–H groups in total. The molecule has 0 saturated carbocycles. The number of allylic oxidation sites excluding steroid dienone is 1. The number of hydrogen-bond donors (Lipinski definition) is 1. The molecule has 0 unspecified atom stereocenters. The zero-order valence-corrected chi connectivity index (χ0v) is 19.2. The van der Waals surface area contributed by atoms with Crippen molar-refractivity contribution in [2.45, 2.75) is 13.0 Å². The number of imidazole rings is 1. The highest BCUT2D eigenvalue weighted by Crippen LogP contribution is 2.39. The van der Waals surface area contributed by atoms with Crippen LogP contribution in [0.15, 0.2) is 55.6 Å². The Morgan fingerprint density at radius 2 is 2.09 bits per heavy atom. The number of hydrogen-bond acceptors (Lipinski definition) is 8. The maximum atomic E-state index is 11.8.